The SMILES string of the molecule is CC1(C)CC1CNC1CCNCC1. The van der Waals surface area contributed by atoms with Crippen molar-refractivity contribution in [2.45, 2.75) is 39.2 Å². The fourth-order valence-corrected chi connectivity index (χ4v) is 2.26. The van der Waals surface area contributed by atoms with E-state index in [2.05, 4.69) is 24.5 Å². The molecule has 2 fully saturated rings. The average molecular weight is 182 g/mol. The zero-order chi connectivity index (χ0) is 9.31. The molecule has 76 valence electrons. The second kappa shape index (κ2) is 3.58. The lowest BCUT2D eigenvalue weighted by molar-refractivity contribution is 0.372. The van der Waals surface area contributed by atoms with E-state index in [1.807, 2.05) is 0 Å². The van der Waals surface area contributed by atoms with Gasteiger partial charge in [-0.1, -0.05) is 13.8 Å². The Balaban J connectivity index is 1.62. The highest BCUT2D eigenvalue weighted by Gasteiger charge is 2.44. The molecular weight excluding hydrogens is 160 g/mol. The number of piperidine rings is 1. The van der Waals surface area contributed by atoms with Crippen LogP contribution in [0.3, 0.4) is 0 Å². The maximum atomic E-state index is 3.70. The molecule has 2 nitrogen and oxygen atoms in total. The van der Waals surface area contributed by atoms with Crippen molar-refractivity contribution in [1.29, 1.82) is 0 Å². The normalized spacial score (nSPS) is 33.2. The van der Waals surface area contributed by atoms with Crippen LogP contribution in [-0.2, 0) is 0 Å². The first-order chi connectivity index (χ1) is 6.18. The van der Waals surface area contributed by atoms with Crippen LogP contribution in [0.4, 0.5) is 0 Å². The lowest BCUT2D eigenvalue weighted by Crippen LogP contribution is -2.40. The van der Waals surface area contributed by atoms with Crippen LogP contribution in [0, 0.1) is 11.3 Å². The van der Waals surface area contributed by atoms with E-state index in [1.165, 1.54) is 38.9 Å². The summed E-state index contributed by atoms with van der Waals surface area (Å²) in [6, 6.07) is 0.789. The molecule has 2 N–H and O–H groups in total. The number of nitrogens with one attached hydrogen (secondary N) is 2. The van der Waals surface area contributed by atoms with Gasteiger partial charge in [0.25, 0.3) is 0 Å². The van der Waals surface area contributed by atoms with E-state index in [0.717, 1.165) is 12.0 Å². The molecule has 0 aromatic heterocycles. The van der Waals surface area contributed by atoms with Gasteiger partial charge in [-0.2, -0.15) is 0 Å². The first-order valence-corrected chi connectivity index (χ1v) is 5.62. The van der Waals surface area contributed by atoms with Crippen LogP contribution in [0.15, 0.2) is 0 Å². The Labute approximate surface area is 81.5 Å². The smallest absolute Gasteiger partial charge is 0.00913 e. The van der Waals surface area contributed by atoms with Crippen LogP contribution in [0.25, 0.3) is 0 Å². The molecule has 1 saturated carbocycles. The highest BCUT2D eigenvalue weighted by atomic mass is 15.0. The standard InChI is InChI=1S/C11H22N2/c1-11(2)7-9(11)8-13-10-3-5-12-6-4-10/h9-10,12-13H,3-8H2,1-2H3. The molecule has 0 amide bonds. The molecule has 1 heterocycles. The minimum Gasteiger partial charge on any atom is -0.317 e. The summed E-state index contributed by atoms with van der Waals surface area (Å²) in [7, 11) is 0. The molecule has 1 aliphatic carbocycles. The third-order valence-electron chi connectivity index (χ3n) is 3.71. The maximum absolute atomic E-state index is 3.70. The molecular formula is C11H22N2. The molecule has 1 atom stereocenters. The van der Waals surface area contributed by atoms with Crippen molar-refractivity contribution in [3.8, 4) is 0 Å². The Hall–Kier alpha value is -0.0800. The summed E-state index contributed by atoms with van der Waals surface area (Å²) < 4.78 is 0. The number of hydrogen-bond acceptors (Lipinski definition) is 2. The van der Waals surface area contributed by atoms with E-state index in [-0.39, 0.29) is 0 Å². The summed E-state index contributed by atoms with van der Waals surface area (Å²) in [6.45, 7) is 8.40. The van der Waals surface area contributed by atoms with Crippen LogP contribution in [0.5, 0.6) is 0 Å². The van der Waals surface area contributed by atoms with Gasteiger partial charge >= 0.3 is 0 Å². The molecule has 2 heteroatoms. The molecule has 0 spiro atoms. The third-order valence-corrected chi connectivity index (χ3v) is 3.71. The van der Waals surface area contributed by atoms with Crippen molar-refractivity contribution < 1.29 is 0 Å². The van der Waals surface area contributed by atoms with Crippen molar-refractivity contribution in [3.05, 3.63) is 0 Å². The van der Waals surface area contributed by atoms with Crippen LogP contribution >= 0.6 is 0 Å². The monoisotopic (exact) mass is 182 g/mol. The fourth-order valence-electron chi connectivity index (χ4n) is 2.26. The summed E-state index contributed by atoms with van der Waals surface area (Å²) >= 11 is 0. The summed E-state index contributed by atoms with van der Waals surface area (Å²) in [5.74, 6) is 0.947. The van der Waals surface area contributed by atoms with E-state index < -0.39 is 0 Å². The highest BCUT2D eigenvalue weighted by Crippen LogP contribution is 2.51. The molecule has 2 rings (SSSR count). The second-order valence-electron chi connectivity index (χ2n) is 5.32. The molecule has 1 aliphatic heterocycles. The van der Waals surface area contributed by atoms with Gasteiger partial charge in [-0.3, -0.25) is 0 Å². The van der Waals surface area contributed by atoms with Gasteiger partial charge in [0.15, 0.2) is 0 Å². The predicted molar refractivity (Wildman–Crippen MR) is 55.8 cm³/mol. The molecule has 1 saturated heterocycles. The lowest BCUT2D eigenvalue weighted by atomic mass is 10.1. The quantitative estimate of drug-likeness (QED) is 0.689. The van der Waals surface area contributed by atoms with Gasteiger partial charge in [0.1, 0.15) is 0 Å². The van der Waals surface area contributed by atoms with E-state index in [1.54, 1.807) is 0 Å². The van der Waals surface area contributed by atoms with Crippen LogP contribution in [-0.4, -0.2) is 25.7 Å². The second-order valence-corrected chi connectivity index (χ2v) is 5.32. The largest absolute Gasteiger partial charge is 0.317 e. The topological polar surface area (TPSA) is 24.1 Å². The molecule has 2 aliphatic rings. The number of hydrogen-bond donors (Lipinski definition) is 2. The van der Waals surface area contributed by atoms with Crippen molar-refractivity contribution >= 4 is 0 Å². The van der Waals surface area contributed by atoms with Crippen LogP contribution < -0.4 is 10.6 Å². The van der Waals surface area contributed by atoms with Gasteiger partial charge < -0.3 is 10.6 Å². The summed E-state index contributed by atoms with van der Waals surface area (Å²) in [5.41, 5.74) is 0.639. The van der Waals surface area contributed by atoms with E-state index in [9.17, 15) is 0 Å². The van der Waals surface area contributed by atoms with Gasteiger partial charge in [-0.05, 0) is 50.2 Å². The summed E-state index contributed by atoms with van der Waals surface area (Å²) in [6.07, 6.45) is 4.05. The van der Waals surface area contributed by atoms with E-state index in [4.69, 9.17) is 0 Å². The van der Waals surface area contributed by atoms with Crippen LogP contribution in [0.2, 0.25) is 0 Å². The molecule has 13 heavy (non-hydrogen) atoms. The average Bonchev–Trinajstić information content (AvgIpc) is 2.73. The zero-order valence-corrected chi connectivity index (χ0v) is 8.90. The Morgan fingerprint density at radius 1 is 1.31 bits per heavy atom. The van der Waals surface area contributed by atoms with E-state index >= 15 is 0 Å². The van der Waals surface area contributed by atoms with E-state index in [0.29, 0.717) is 5.41 Å². The summed E-state index contributed by atoms with van der Waals surface area (Å²) in [4.78, 5) is 0. The molecule has 0 bridgehead atoms. The van der Waals surface area contributed by atoms with Crippen molar-refractivity contribution in [1.82, 2.24) is 10.6 Å². The van der Waals surface area contributed by atoms with Crippen molar-refractivity contribution in [3.63, 3.8) is 0 Å². The molecule has 1 unspecified atom stereocenters. The number of rotatable bonds is 3. The molecule has 0 aromatic carbocycles. The van der Waals surface area contributed by atoms with Crippen LogP contribution in [0.1, 0.15) is 33.1 Å². The van der Waals surface area contributed by atoms with Gasteiger partial charge in [0.05, 0.1) is 0 Å². The van der Waals surface area contributed by atoms with Gasteiger partial charge in [0.2, 0.25) is 0 Å². The fraction of sp³-hybridized carbons (Fsp3) is 1.00. The minimum absolute atomic E-state index is 0.639. The van der Waals surface area contributed by atoms with Gasteiger partial charge in [0, 0.05) is 6.04 Å². The van der Waals surface area contributed by atoms with Gasteiger partial charge in [-0.15, -0.1) is 0 Å². The Kier molecular flexibility index (Phi) is 2.61. The van der Waals surface area contributed by atoms with Crippen molar-refractivity contribution in [2.75, 3.05) is 19.6 Å². The maximum Gasteiger partial charge on any atom is 0.00913 e. The summed E-state index contributed by atoms with van der Waals surface area (Å²) in [5, 5.41) is 7.09. The first-order valence-electron chi connectivity index (χ1n) is 5.62. The van der Waals surface area contributed by atoms with Crippen molar-refractivity contribution in [2.24, 2.45) is 11.3 Å². The first kappa shape index (κ1) is 9.47. The highest BCUT2D eigenvalue weighted by molar-refractivity contribution is 4.96. The van der Waals surface area contributed by atoms with Gasteiger partial charge in [-0.25, -0.2) is 0 Å². The zero-order valence-electron chi connectivity index (χ0n) is 8.90. The minimum atomic E-state index is 0.639. The molecule has 0 aromatic rings. The Morgan fingerprint density at radius 3 is 2.46 bits per heavy atom. The Bertz CT molecular complexity index is 171. The molecule has 0 radical (unpaired) electrons. The lowest BCUT2D eigenvalue weighted by Gasteiger charge is -2.24. The third kappa shape index (κ3) is 2.44. The Morgan fingerprint density at radius 2 is 1.92 bits per heavy atom. The predicted octanol–water partition coefficient (Wildman–Crippen LogP) is 1.37.